The Labute approximate surface area is 141 Å². The second-order valence-corrected chi connectivity index (χ2v) is 5.41. The summed E-state index contributed by atoms with van der Waals surface area (Å²) in [6, 6.07) is 0. The van der Waals surface area contributed by atoms with Crippen molar-refractivity contribution < 1.29 is 19.3 Å². The molecule has 0 saturated carbocycles. The van der Waals surface area contributed by atoms with Gasteiger partial charge >= 0.3 is 5.69 Å². The molecule has 0 aliphatic carbocycles. The maximum atomic E-state index is 12.0. The number of H-pyrrole nitrogens is 1. The van der Waals surface area contributed by atoms with Crippen molar-refractivity contribution >= 4 is 0 Å². The molecule has 138 valence electrons. The van der Waals surface area contributed by atoms with E-state index in [4.69, 9.17) is 14.2 Å². The zero-order valence-corrected chi connectivity index (χ0v) is 14.9. The molecule has 2 N–H and O–H groups in total. The molecule has 0 spiro atoms. The second-order valence-electron chi connectivity index (χ2n) is 5.41. The Bertz CT molecular complexity index is 611. The van der Waals surface area contributed by atoms with Gasteiger partial charge in [-0.2, -0.15) is 0 Å². The first kappa shape index (κ1) is 20.6. The van der Waals surface area contributed by atoms with Crippen molar-refractivity contribution in [3.05, 3.63) is 32.6 Å². The van der Waals surface area contributed by atoms with Crippen LogP contribution >= 0.6 is 0 Å². The highest BCUT2D eigenvalue weighted by Gasteiger charge is 2.43. The molecule has 8 nitrogen and oxygen atoms in total. The summed E-state index contributed by atoms with van der Waals surface area (Å²) in [5.41, 5.74) is -0.589. The summed E-state index contributed by atoms with van der Waals surface area (Å²) in [6.07, 6.45) is -0.107. The maximum absolute atomic E-state index is 12.0. The van der Waals surface area contributed by atoms with E-state index in [-0.39, 0.29) is 12.5 Å². The maximum Gasteiger partial charge on any atom is 0.330 e. The Morgan fingerprint density at radius 2 is 2.00 bits per heavy atom. The smallest absolute Gasteiger partial charge is 0.330 e. The zero-order chi connectivity index (χ0) is 18.3. The summed E-state index contributed by atoms with van der Waals surface area (Å²) in [5, 5.41) is 9.41. The third-order valence-corrected chi connectivity index (χ3v) is 3.90. The lowest BCUT2D eigenvalue weighted by molar-refractivity contribution is -0.0794. The molecule has 2 heterocycles. The number of ether oxygens (including phenoxy) is 3. The average molecular weight is 344 g/mol. The molecule has 1 aliphatic heterocycles. The van der Waals surface area contributed by atoms with Gasteiger partial charge in [0.15, 0.2) is 6.23 Å². The topological polar surface area (TPSA) is 103 Å². The first-order valence-corrected chi connectivity index (χ1v) is 8.18. The van der Waals surface area contributed by atoms with E-state index in [0.29, 0.717) is 18.8 Å². The molecule has 1 aromatic heterocycles. The van der Waals surface area contributed by atoms with Crippen LogP contribution in [-0.2, 0) is 14.2 Å². The molecule has 1 saturated heterocycles. The molecule has 24 heavy (non-hydrogen) atoms. The van der Waals surface area contributed by atoms with Gasteiger partial charge in [0.2, 0.25) is 0 Å². The summed E-state index contributed by atoms with van der Waals surface area (Å²) in [7, 11) is 1.57. The molecular weight excluding hydrogens is 316 g/mol. The molecule has 1 aromatic rings. The summed E-state index contributed by atoms with van der Waals surface area (Å²) in [5.74, 6) is -0.106. The molecule has 4 atom stereocenters. The van der Waals surface area contributed by atoms with Crippen LogP contribution in [0.2, 0.25) is 0 Å². The van der Waals surface area contributed by atoms with Crippen molar-refractivity contribution in [1.82, 2.24) is 9.55 Å². The van der Waals surface area contributed by atoms with Crippen LogP contribution in [0.4, 0.5) is 0 Å². The van der Waals surface area contributed by atoms with E-state index in [2.05, 4.69) is 4.98 Å². The van der Waals surface area contributed by atoms with Gasteiger partial charge in [-0.1, -0.05) is 20.8 Å². The van der Waals surface area contributed by atoms with Crippen molar-refractivity contribution in [2.45, 2.75) is 46.1 Å². The minimum absolute atomic E-state index is 0.106. The Kier molecular flexibility index (Phi) is 8.34. The number of aliphatic hydroxyl groups is 1. The molecular formula is C16H28N2O6. The SMILES string of the molecule is CC.COCCOC1C(C)C(CO)OC1n1cc(C)c(=O)[nH]c1=O. The minimum Gasteiger partial charge on any atom is -0.394 e. The fourth-order valence-corrected chi connectivity index (χ4v) is 2.56. The summed E-state index contributed by atoms with van der Waals surface area (Å²) < 4.78 is 17.8. The van der Waals surface area contributed by atoms with Crippen molar-refractivity contribution in [2.75, 3.05) is 26.9 Å². The fraction of sp³-hybridized carbons (Fsp3) is 0.750. The molecule has 1 fully saturated rings. The lowest BCUT2D eigenvalue weighted by Gasteiger charge is -2.23. The lowest BCUT2D eigenvalue weighted by Crippen LogP contribution is -2.38. The normalized spacial score (nSPS) is 26.1. The standard InChI is InChI=1S/C14H22N2O6.C2H6/c1-8-6-16(14(19)15-12(8)18)13-11(21-5-4-20-3)9(2)10(7-17)22-13;1-2/h6,9-11,13,17H,4-5,7H2,1-3H3,(H,15,18,19);1-2H3. The Balaban J connectivity index is 0.00000139. The van der Waals surface area contributed by atoms with Crippen LogP contribution in [0.1, 0.15) is 32.6 Å². The highest BCUT2D eigenvalue weighted by atomic mass is 16.6. The van der Waals surface area contributed by atoms with E-state index in [9.17, 15) is 14.7 Å². The highest BCUT2D eigenvalue weighted by Crippen LogP contribution is 2.35. The van der Waals surface area contributed by atoms with E-state index in [1.807, 2.05) is 20.8 Å². The number of aromatic amines is 1. The van der Waals surface area contributed by atoms with Crippen molar-refractivity contribution in [3.63, 3.8) is 0 Å². The quantitative estimate of drug-likeness (QED) is 0.726. The number of rotatable bonds is 6. The van der Waals surface area contributed by atoms with Crippen LogP contribution in [0.25, 0.3) is 0 Å². The Hall–Kier alpha value is -1.48. The van der Waals surface area contributed by atoms with Gasteiger partial charge in [-0.25, -0.2) is 4.79 Å². The molecule has 0 radical (unpaired) electrons. The third-order valence-electron chi connectivity index (χ3n) is 3.90. The Morgan fingerprint density at radius 3 is 2.58 bits per heavy atom. The largest absolute Gasteiger partial charge is 0.394 e. The molecule has 4 unspecified atom stereocenters. The molecule has 1 aliphatic rings. The van der Waals surface area contributed by atoms with Gasteiger partial charge in [-0.15, -0.1) is 0 Å². The van der Waals surface area contributed by atoms with Gasteiger partial charge in [0, 0.05) is 24.8 Å². The van der Waals surface area contributed by atoms with Crippen LogP contribution in [0.15, 0.2) is 15.8 Å². The molecule has 2 rings (SSSR count). The number of nitrogens with zero attached hydrogens (tertiary/aromatic N) is 1. The van der Waals surface area contributed by atoms with Crippen molar-refractivity contribution in [3.8, 4) is 0 Å². The van der Waals surface area contributed by atoms with Crippen molar-refractivity contribution in [1.29, 1.82) is 0 Å². The van der Waals surface area contributed by atoms with E-state index in [0.717, 1.165) is 0 Å². The van der Waals surface area contributed by atoms with Gasteiger partial charge < -0.3 is 19.3 Å². The molecule has 8 heteroatoms. The number of aryl methyl sites for hydroxylation is 1. The number of methoxy groups -OCH3 is 1. The highest BCUT2D eigenvalue weighted by molar-refractivity contribution is 5.03. The fourth-order valence-electron chi connectivity index (χ4n) is 2.56. The molecule has 0 amide bonds. The number of hydrogen-bond acceptors (Lipinski definition) is 6. The number of aliphatic hydroxyl groups excluding tert-OH is 1. The molecule has 0 bridgehead atoms. The number of hydrogen-bond donors (Lipinski definition) is 2. The number of nitrogens with one attached hydrogen (secondary N) is 1. The predicted molar refractivity (Wildman–Crippen MR) is 89.2 cm³/mol. The summed E-state index contributed by atoms with van der Waals surface area (Å²) >= 11 is 0. The first-order chi connectivity index (χ1) is 11.5. The Morgan fingerprint density at radius 1 is 1.33 bits per heavy atom. The van der Waals surface area contributed by atoms with Gasteiger partial charge in [-0.05, 0) is 6.92 Å². The van der Waals surface area contributed by atoms with Crippen LogP contribution in [0.3, 0.4) is 0 Å². The first-order valence-electron chi connectivity index (χ1n) is 8.18. The lowest BCUT2D eigenvalue weighted by atomic mass is 10.0. The van der Waals surface area contributed by atoms with Crippen LogP contribution in [-0.4, -0.2) is 53.8 Å². The van der Waals surface area contributed by atoms with E-state index in [1.165, 1.54) is 10.8 Å². The minimum atomic E-state index is -0.702. The summed E-state index contributed by atoms with van der Waals surface area (Å²) in [6.45, 7) is 8.10. The predicted octanol–water partition coefficient (Wildman–Crippen LogP) is 0.429. The molecule has 0 aromatic carbocycles. The monoisotopic (exact) mass is 344 g/mol. The van der Waals surface area contributed by atoms with Crippen LogP contribution in [0, 0.1) is 12.8 Å². The van der Waals surface area contributed by atoms with E-state index < -0.39 is 29.7 Å². The second kappa shape index (κ2) is 9.73. The van der Waals surface area contributed by atoms with Crippen LogP contribution < -0.4 is 11.2 Å². The van der Waals surface area contributed by atoms with Crippen molar-refractivity contribution in [2.24, 2.45) is 5.92 Å². The van der Waals surface area contributed by atoms with Crippen LogP contribution in [0.5, 0.6) is 0 Å². The number of aromatic nitrogens is 2. The van der Waals surface area contributed by atoms with Gasteiger partial charge in [0.1, 0.15) is 6.10 Å². The van der Waals surface area contributed by atoms with Gasteiger partial charge in [0.25, 0.3) is 5.56 Å². The van der Waals surface area contributed by atoms with E-state index in [1.54, 1.807) is 14.0 Å². The van der Waals surface area contributed by atoms with Gasteiger partial charge in [0.05, 0.1) is 25.9 Å². The van der Waals surface area contributed by atoms with Gasteiger partial charge in [-0.3, -0.25) is 14.3 Å². The zero-order valence-electron chi connectivity index (χ0n) is 14.9. The van der Waals surface area contributed by atoms with E-state index >= 15 is 0 Å². The average Bonchev–Trinajstić information content (AvgIpc) is 2.89. The summed E-state index contributed by atoms with van der Waals surface area (Å²) in [4.78, 5) is 25.8. The third kappa shape index (κ3) is 4.54.